The summed E-state index contributed by atoms with van der Waals surface area (Å²) in [5.74, 6) is 0.699. The van der Waals surface area contributed by atoms with Gasteiger partial charge in [-0.3, -0.25) is 4.31 Å². The van der Waals surface area contributed by atoms with Crippen molar-refractivity contribution in [3.05, 3.63) is 54.6 Å². The van der Waals surface area contributed by atoms with Gasteiger partial charge in [0, 0.05) is 7.05 Å². The van der Waals surface area contributed by atoms with E-state index in [1.165, 1.54) is 11.4 Å². The van der Waals surface area contributed by atoms with Crippen molar-refractivity contribution in [2.45, 2.75) is 11.0 Å². The third kappa shape index (κ3) is 3.23. The molecule has 5 nitrogen and oxygen atoms in total. The number of hydrogen-bond acceptors (Lipinski definition) is 4. The third-order valence-corrected chi connectivity index (χ3v) is 5.24. The third-order valence-electron chi connectivity index (χ3n) is 3.44. The van der Waals surface area contributed by atoms with Crippen molar-refractivity contribution >= 4 is 15.7 Å². The number of benzene rings is 2. The van der Waals surface area contributed by atoms with E-state index in [0.29, 0.717) is 18.0 Å². The van der Waals surface area contributed by atoms with Crippen LogP contribution in [-0.2, 0) is 14.8 Å². The van der Waals surface area contributed by atoms with Gasteiger partial charge < -0.3 is 9.47 Å². The molecule has 116 valence electrons. The molecule has 6 heteroatoms. The molecule has 0 saturated carbocycles. The minimum atomic E-state index is -3.55. The highest BCUT2D eigenvalue weighted by molar-refractivity contribution is 7.92. The number of hydrogen-bond donors (Lipinski definition) is 0. The Morgan fingerprint density at radius 2 is 1.77 bits per heavy atom. The molecular formula is C16H17NO4S. The van der Waals surface area contributed by atoms with Crippen LogP contribution < -0.4 is 9.04 Å². The van der Waals surface area contributed by atoms with Crippen LogP contribution in [0.3, 0.4) is 0 Å². The van der Waals surface area contributed by atoms with Crippen LogP contribution in [0.5, 0.6) is 5.75 Å². The van der Waals surface area contributed by atoms with E-state index in [0.717, 1.165) is 6.61 Å². The second-order valence-electron chi connectivity index (χ2n) is 5.05. The van der Waals surface area contributed by atoms with E-state index < -0.39 is 10.0 Å². The van der Waals surface area contributed by atoms with E-state index in [9.17, 15) is 8.42 Å². The fraction of sp³-hybridized carbons (Fsp3) is 0.250. The lowest BCUT2D eigenvalue weighted by Crippen LogP contribution is -2.26. The monoisotopic (exact) mass is 319 g/mol. The van der Waals surface area contributed by atoms with E-state index in [-0.39, 0.29) is 11.0 Å². The lowest BCUT2D eigenvalue weighted by Gasteiger charge is -2.19. The number of sulfonamides is 1. The molecule has 0 N–H and O–H groups in total. The summed E-state index contributed by atoms with van der Waals surface area (Å²) in [7, 11) is -2.01. The van der Waals surface area contributed by atoms with Crippen molar-refractivity contribution in [2.75, 3.05) is 24.6 Å². The van der Waals surface area contributed by atoms with Crippen LogP contribution in [-0.4, -0.2) is 34.8 Å². The summed E-state index contributed by atoms with van der Waals surface area (Å²) >= 11 is 0. The van der Waals surface area contributed by atoms with E-state index >= 15 is 0 Å². The zero-order valence-corrected chi connectivity index (χ0v) is 13.0. The lowest BCUT2D eigenvalue weighted by molar-refractivity contribution is 0.263. The van der Waals surface area contributed by atoms with Gasteiger partial charge in [-0.2, -0.15) is 0 Å². The van der Waals surface area contributed by atoms with E-state index in [2.05, 4.69) is 0 Å². The Labute approximate surface area is 130 Å². The first-order valence-corrected chi connectivity index (χ1v) is 8.40. The highest BCUT2D eigenvalue weighted by Gasteiger charge is 2.23. The van der Waals surface area contributed by atoms with Crippen molar-refractivity contribution in [3.63, 3.8) is 0 Å². The first kappa shape index (κ1) is 14.9. The molecule has 0 aromatic heterocycles. The minimum absolute atomic E-state index is 0.195. The van der Waals surface area contributed by atoms with Gasteiger partial charge >= 0.3 is 0 Å². The summed E-state index contributed by atoms with van der Waals surface area (Å²) < 4.78 is 36.9. The molecular weight excluding hydrogens is 302 g/mol. The zero-order chi connectivity index (χ0) is 15.6. The number of rotatable bonds is 6. The predicted octanol–water partition coefficient (Wildman–Crippen LogP) is 2.29. The molecule has 1 aliphatic rings. The molecule has 0 amide bonds. The Kier molecular flexibility index (Phi) is 4.04. The maximum Gasteiger partial charge on any atom is 0.264 e. The number of anilines is 1. The summed E-state index contributed by atoms with van der Waals surface area (Å²) in [6.07, 6.45) is 0.195. The van der Waals surface area contributed by atoms with Gasteiger partial charge in [0.1, 0.15) is 18.5 Å². The molecule has 2 aromatic rings. The zero-order valence-electron chi connectivity index (χ0n) is 12.2. The second-order valence-corrected chi connectivity index (χ2v) is 7.02. The van der Waals surface area contributed by atoms with Crippen LogP contribution in [0.2, 0.25) is 0 Å². The molecule has 3 rings (SSSR count). The van der Waals surface area contributed by atoms with Gasteiger partial charge in [-0.05, 0) is 36.4 Å². The van der Waals surface area contributed by atoms with Gasteiger partial charge in [0.2, 0.25) is 0 Å². The molecule has 22 heavy (non-hydrogen) atoms. The second kappa shape index (κ2) is 5.98. The van der Waals surface area contributed by atoms with Gasteiger partial charge in [0.25, 0.3) is 10.0 Å². The molecule has 1 unspecified atom stereocenters. The van der Waals surface area contributed by atoms with Gasteiger partial charge in [-0.15, -0.1) is 0 Å². The molecule has 1 fully saturated rings. The fourth-order valence-electron chi connectivity index (χ4n) is 2.00. The Morgan fingerprint density at radius 3 is 2.36 bits per heavy atom. The summed E-state index contributed by atoms with van der Waals surface area (Å²) in [4.78, 5) is 0.267. The van der Waals surface area contributed by atoms with Gasteiger partial charge in [0.15, 0.2) is 0 Å². The molecule has 1 heterocycles. The average molecular weight is 319 g/mol. The topological polar surface area (TPSA) is 59.1 Å². The van der Waals surface area contributed by atoms with E-state index in [1.807, 2.05) is 0 Å². The molecule has 1 saturated heterocycles. The number of nitrogens with zero attached hydrogens (tertiary/aromatic N) is 1. The summed E-state index contributed by atoms with van der Waals surface area (Å²) in [5, 5.41) is 0. The average Bonchev–Trinajstić information content (AvgIpc) is 3.38. The van der Waals surface area contributed by atoms with Gasteiger partial charge in [-0.1, -0.05) is 18.2 Å². The fourth-order valence-corrected chi connectivity index (χ4v) is 3.21. The molecule has 0 radical (unpaired) electrons. The summed E-state index contributed by atoms with van der Waals surface area (Å²) in [6.45, 7) is 1.27. The number of ether oxygens (including phenoxy) is 2. The van der Waals surface area contributed by atoms with E-state index in [1.54, 1.807) is 54.6 Å². The minimum Gasteiger partial charge on any atom is -0.491 e. The Hall–Kier alpha value is -2.05. The maximum atomic E-state index is 12.5. The smallest absolute Gasteiger partial charge is 0.264 e. The molecule has 0 aliphatic carbocycles. The Morgan fingerprint density at radius 1 is 1.14 bits per heavy atom. The van der Waals surface area contributed by atoms with Crippen LogP contribution in [0.4, 0.5) is 5.69 Å². The van der Waals surface area contributed by atoms with Crippen LogP contribution in [0.1, 0.15) is 0 Å². The van der Waals surface area contributed by atoms with Crippen LogP contribution in [0.15, 0.2) is 59.5 Å². The van der Waals surface area contributed by atoms with Crippen molar-refractivity contribution in [3.8, 4) is 5.75 Å². The molecule has 0 bridgehead atoms. The first-order valence-electron chi connectivity index (χ1n) is 6.96. The molecule has 0 spiro atoms. The van der Waals surface area contributed by atoms with Crippen molar-refractivity contribution < 1.29 is 17.9 Å². The molecule has 1 atom stereocenters. The van der Waals surface area contributed by atoms with Gasteiger partial charge in [-0.25, -0.2) is 8.42 Å². The summed E-state index contributed by atoms with van der Waals surface area (Å²) in [6, 6.07) is 15.3. The van der Waals surface area contributed by atoms with Crippen LogP contribution in [0, 0.1) is 0 Å². The van der Waals surface area contributed by atoms with Crippen LogP contribution >= 0.6 is 0 Å². The quantitative estimate of drug-likeness (QED) is 0.767. The maximum absolute atomic E-state index is 12.5. The molecule has 1 aliphatic heterocycles. The van der Waals surface area contributed by atoms with Crippen molar-refractivity contribution in [1.82, 2.24) is 0 Å². The normalized spacial score (nSPS) is 17.0. The lowest BCUT2D eigenvalue weighted by atomic mass is 10.3. The highest BCUT2D eigenvalue weighted by atomic mass is 32.2. The SMILES string of the molecule is CN(c1ccc(OCC2CO2)cc1)S(=O)(=O)c1ccccc1. The Bertz CT molecular complexity index is 725. The molecule has 2 aromatic carbocycles. The van der Waals surface area contributed by atoms with E-state index in [4.69, 9.17) is 9.47 Å². The number of epoxide rings is 1. The van der Waals surface area contributed by atoms with Crippen LogP contribution in [0.25, 0.3) is 0 Å². The van der Waals surface area contributed by atoms with Crippen molar-refractivity contribution in [2.24, 2.45) is 0 Å². The van der Waals surface area contributed by atoms with Gasteiger partial charge in [0.05, 0.1) is 17.2 Å². The predicted molar refractivity (Wildman–Crippen MR) is 83.7 cm³/mol. The highest BCUT2D eigenvalue weighted by Crippen LogP contribution is 2.24. The first-order chi connectivity index (χ1) is 10.6. The largest absolute Gasteiger partial charge is 0.491 e. The van der Waals surface area contributed by atoms with Crippen molar-refractivity contribution in [1.29, 1.82) is 0 Å². The Balaban J connectivity index is 1.75. The standard InChI is InChI=1S/C16H17NO4S/c1-17(22(18,19)16-5-3-2-4-6-16)13-7-9-14(10-8-13)20-11-15-12-21-15/h2-10,15H,11-12H2,1H3. The summed E-state index contributed by atoms with van der Waals surface area (Å²) in [5.41, 5.74) is 0.582.